The molecule has 182 valence electrons. The lowest BCUT2D eigenvalue weighted by atomic mass is 10.0. The van der Waals surface area contributed by atoms with Gasteiger partial charge in [-0.1, -0.05) is 42.5 Å². The summed E-state index contributed by atoms with van der Waals surface area (Å²) in [5.41, 5.74) is 2.95. The quantitative estimate of drug-likeness (QED) is 0.344. The average molecular weight is 544 g/mol. The molecule has 2 amide bonds. The van der Waals surface area contributed by atoms with Crippen molar-refractivity contribution >= 4 is 49.9 Å². The van der Waals surface area contributed by atoms with Gasteiger partial charge in [-0.25, -0.2) is 0 Å². The van der Waals surface area contributed by atoms with Crippen LogP contribution in [-0.4, -0.2) is 50.0 Å². The molecule has 1 heterocycles. The molecule has 1 aliphatic rings. The second kappa shape index (κ2) is 10.4. The van der Waals surface area contributed by atoms with Crippen LogP contribution in [0.4, 0.5) is 11.4 Å². The monoisotopic (exact) mass is 543 g/mol. The van der Waals surface area contributed by atoms with Crippen molar-refractivity contribution < 1.29 is 14.3 Å². The molecule has 0 aliphatic carbocycles. The molecule has 1 fully saturated rings. The molecule has 0 aromatic heterocycles. The number of hydrogen-bond acceptors (Lipinski definition) is 4. The van der Waals surface area contributed by atoms with Crippen molar-refractivity contribution in [1.29, 1.82) is 0 Å². The number of nitrogens with one attached hydrogen (secondary N) is 1. The van der Waals surface area contributed by atoms with Gasteiger partial charge in [0.1, 0.15) is 5.75 Å². The Kier molecular flexibility index (Phi) is 6.91. The molecule has 5 rings (SSSR count). The highest BCUT2D eigenvalue weighted by atomic mass is 79.9. The predicted octanol–water partition coefficient (Wildman–Crippen LogP) is 5.83. The zero-order valence-electron chi connectivity index (χ0n) is 19.9. The van der Waals surface area contributed by atoms with Crippen LogP contribution < -0.4 is 15.0 Å². The molecule has 0 bridgehead atoms. The van der Waals surface area contributed by atoms with E-state index in [0.29, 0.717) is 30.1 Å². The molecule has 1 aliphatic heterocycles. The lowest BCUT2D eigenvalue weighted by Crippen LogP contribution is -2.48. The van der Waals surface area contributed by atoms with Crippen molar-refractivity contribution in [3.8, 4) is 5.75 Å². The Hall–Kier alpha value is -3.84. The van der Waals surface area contributed by atoms with Gasteiger partial charge >= 0.3 is 0 Å². The number of fused-ring (bicyclic) bond motifs is 1. The maximum absolute atomic E-state index is 13.1. The number of ether oxygens (including phenoxy) is 1. The third-order valence-electron chi connectivity index (χ3n) is 6.47. The van der Waals surface area contributed by atoms with Crippen LogP contribution in [0.2, 0.25) is 0 Å². The Labute approximate surface area is 218 Å². The average Bonchev–Trinajstić information content (AvgIpc) is 2.93. The maximum Gasteiger partial charge on any atom is 0.259 e. The molecule has 7 heteroatoms. The standard InChI is InChI=1S/C29H26BrN3O3/c1-36-27-25(19-21-9-5-6-10-24(21)26(27)30)28(34)31-22-11-13-23(14-12-22)32-15-17-33(18-16-32)29(35)20-7-3-2-4-8-20/h2-14,19H,15-18H2,1H3,(H,31,34). The molecule has 1 saturated heterocycles. The summed E-state index contributed by atoms with van der Waals surface area (Å²) in [4.78, 5) is 30.0. The number of carbonyl (C=O) groups is 2. The van der Waals surface area contributed by atoms with Gasteiger partial charge in [0.2, 0.25) is 0 Å². The van der Waals surface area contributed by atoms with Crippen molar-refractivity contribution in [3.05, 3.63) is 101 Å². The Bertz CT molecular complexity index is 1400. The lowest BCUT2D eigenvalue weighted by Gasteiger charge is -2.36. The molecule has 0 unspecified atom stereocenters. The Morgan fingerprint density at radius 2 is 1.53 bits per heavy atom. The molecule has 36 heavy (non-hydrogen) atoms. The van der Waals surface area contributed by atoms with Crippen LogP contribution in [0.3, 0.4) is 0 Å². The van der Waals surface area contributed by atoms with Gasteiger partial charge < -0.3 is 19.9 Å². The van der Waals surface area contributed by atoms with E-state index in [0.717, 1.165) is 39.6 Å². The smallest absolute Gasteiger partial charge is 0.259 e. The van der Waals surface area contributed by atoms with Crippen LogP contribution in [0.25, 0.3) is 10.8 Å². The van der Waals surface area contributed by atoms with Gasteiger partial charge in [-0.2, -0.15) is 0 Å². The van der Waals surface area contributed by atoms with Crippen molar-refractivity contribution in [2.24, 2.45) is 0 Å². The van der Waals surface area contributed by atoms with E-state index in [2.05, 4.69) is 26.1 Å². The lowest BCUT2D eigenvalue weighted by molar-refractivity contribution is 0.0746. The van der Waals surface area contributed by atoms with E-state index in [1.807, 2.05) is 89.8 Å². The Balaban J connectivity index is 1.25. The Morgan fingerprint density at radius 3 is 2.22 bits per heavy atom. The molecular formula is C29H26BrN3O3. The van der Waals surface area contributed by atoms with Gasteiger partial charge in [0.05, 0.1) is 17.1 Å². The third kappa shape index (κ3) is 4.79. The number of methoxy groups -OCH3 is 1. The normalized spacial score (nSPS) is 13.5. The van der Waals surface area contributed by atoms with Crippen molar-refractivity contribution in [2.75, 3.05) is 43.5 Å². The van der Waals surface area contributed by atoms with Crippen LogP contribution in [-0.2, 0) is 0 Å². The fraction of sp³-hybridized carbons (Fsp3) is 0.172. The van der Waals surface area contributed by atoms with E-state index in [1.165, 1.54) is 0 Å². The molecule has 4 aromatic carbocycles. The zero-order valence-corrected chi connectivity index (χ0v) is 21.5. The first-order valence-corrected chi connectivity index (χ1v) is 12.6. The number of amides is 2. The van der Waals surface area contributed by atoms with E-state index in [-0.39, 0.29) is 11.8 Å². The zero-order chi connectivity index (χ0) is 25.1. The molecule has 6 nitrogen and oxygen atoms in total. The van der Waals surface area contributed by atoms with Crippen LogP contribution in [0.15, 0.2) is 89.4 Å². The minimum atomic E-state index is -0.237. The first-order valence-electron chi connectivity index (χ1n) is 11.8. The number of nitrogens with zero attached hydrogens (tertiary/aromatic N) is 2. The summed E-state index contributed by atoms with van der Waals surface area (Å²) >= 11 is 3.59. The van der Waals surface area contributed by atoms with Crippen LogP contribution >= 0.6 is 15.9 Å². The molecule has 0 atom stereocenters. The summed E-state index contributed by atoms with van der Waals surface area (Å²) in [5, 5.41) is 4.93. The largest absolute Gasteiger partial charge is 0.495 e. The summed E-state index contributed by atoms with van der Waals surface area (Å²) < 4.78 is 6.31. The first kappa shape index (κ1) is 23.9. The highest BCUT2D eigenvalue weighted by Gasteiger charge is 2.22. The number of rotatable bonds is 5. The second-order valence-corrected chi connectivity index (χ2v) is 9.43. The fourth-order valence-corrected chi connectivity index (χ4v) is 5.27. The molecule has 0 radical (unpaired) electrons. The molecule has 4 aromatic rings. The minimum absolute atomic E-state index is 0.0732. The van der Waals surface area contributed by atoms with Crippen molar-refractivity contribution in [2.45, 2.75) is 0 Å². The highest BCUT2D eigenvalue weighted by molar-refractivity contribution is 9.10. The van der Waals surface area contributed by atoms with E-state index in [9.17, 15) is 9.59 Å². The summed E-state index contributed by atoms with van der Waals surface area (Å²) in [5.74, 6) is 0.342. The van der Waals surface area contributed by atoms with Gasteiger partial charge in [-0.15, -0.1) is 0 Å². The summed E-state index contributed by atoms with van der Waals surface area (Å²) in [6, 6.07) is 26.9. The number of benzene rings is 4. The number of halogens is 1. The number of piperazine rings is 1. The van der Waals surface area contributed by atoms with Crippen molar-refractivity contribution in [3.63, 3.8) is 0 Å². The first-order chi connectivity index (χ1) is 17.5. The van der Waals surface area contributed by atoms with Gasteiger partial charge in [0, 0.05) is 43.1 Å². The number of carbonyl (C=O) groups excluding carboxylic acids is 2. The number of hydrogen-bond donors (Lipinski definition) is 1. The van der Waals surface area contributed by atoms with Gasteiger partial charge in [0.25, 0.3) is 11.8 Å². The van der Waals surface area contributed by atoms with E-state index < -0.39 is 0 Å². The van der Waals surface area contributed by atoms with E-state index in [4.69, 9.17) is 4.74 Å². The topological polar surface area (TPSA) is 61.9 Å². The molecule has 1 N–H and O–H groups in total. The number of anilines is 2. The minimum Gasteiger partial charge on any atom is -0.495 e. The maximum atomic E-state index is 13.1. The van der Waals surface area contributed by atoms with Crippen LogP contribution in [0, 0.1) is 0 Å². The predicted molar refractivity (Wildman–Crippen MR) is 147 cm³/mol. The summed E-state index contributed by atoms with van der Waals surface area (Å²) in [6.45, 7) is 2.85. The van der Waals surface area contributed by atoms with E-state index >= 15 is 0 Å². The van der Waals surface area contributed by atoms with Crippen molar-refractivity contribution in [1.82, 2.24) is 4.90 Å². The Morgan fingerprint density at radius 1 is 0.861 bits per heavy atom. The van der Waals surface area contributed by atoms with Gasteiger partial charge in [0.15, 0.2) is 0 Å². The van der Waals surface area contributed by atoms with Crippen LogP contribution in [0.5, 0.6) is 5.75 Å². The summed E-state index contributed by atoms with van der Waals surface area (Å²) in [7, 11) is 1.56. The van der Waals surface area contributed by atoms with Gasteiger partial charge in [-0.3, -0.25) is 9.59 Å². The molecule has 0 spiro atoms. The SMILES string of the molecule is COc1c(C(=O)Nc2ccc(N3CCN(C(=O)c4ccccc4)CC3)cc2)cc2ccccc2c1Br. The fourth-order valence-electron chi connectivity index (χ4n) is 4.54. The molecular weight excluding hydrogens is 518 g/mol. The van der Waals surface area contributed by atoms with E-state index in [1.54, 1.807) is 7.11 Å². The molecule has 0 saturated carbocycles. The van der Waals surface area contributed by atoms with Gasteiger partial charge in [-0.05, 0) is 69.2 Å². The highest BCUT2D eigenvalue weighted by Crippen LogP contribution is 2.37. The van der Waals surface area contributed by atoms with Crippen LogP contribution in [0.1, 0.15) is 20.7 Å². The summed E-state index contributed by atoms with van der Waals surface area (Å²) in [6.07, 6.45) is 0. The second-order valence-electron chi connectivity index (χ2n) is 8.64. The third-order valence-corrected chi connectivity index (χ3v) is 7.26.